The molecule has 2 saturated heterocycles. The Morgan fingerprint density at radius 1 is 1.03 bits per heavy atom. The van der Waals surface area contributed by atoms with Crippen LogP contribution in [0.15, 0.2) is 66.2 Å². The first-order chi connectivity index (χ1) is 15.5. The van der Waals surface area contributed by atoms with Crippen LogP contribution in [0.1, 0.15) is 31.2 Å². The van der Waals surface area contributed by atoms with Crippen molar-refractivity contribution in [1.29, 1.82) is 0 Å². The van der Waals surface area contributed by atoms with Crippen LogP contribution in [0.2, 0.25) is 0 Å². The van der Waals surface area contributed by atoms with Crippen LogP contribution in [-0.2, 0) is 9.59 Å². The number of allylic oxidation sites excluding steroid dienone is 1. The normalized spacial score (nSPS) is 25.0. The number of carbonyl (C=O) groups is 2. The van der Waals surface area contributed by atoms with Crippen LogP contribution in [0, 0.1) is 0 Å². The van der Waals surface area contributed by atoms with Crippen LogP contribution in [0.4, 0.5) is 11.4 Å². The third kappa shape index (κ3) is 4.13. The number of hydrogen-bond donors (Lipinski definition) is 2. The lowest BCUT2D eigenvalue weighted by molar-refractivity contribution is -0.946. The highest BCUT2D eigenvalue weighted by atomic mass is 16.3. The van der Waals surface area contributed by atoms with Gasteiger partial charge in [-0.15, -0.1) is 0 Å². The smallest absolute Gasteiger partial charge is 0.282 e. The summed E-state index contributed by atoms with van der Waals surface area (Å²) in [6.45, 7) is 4.28. The zero-order chi connectivity index (χ0) is 22.7. The van der Waals surface area contributed by atoms with E-state index in [2.05, 4.69) is 29.6 Å². The summed E-state index contributed by atoms with van der Waals surface area (Å²) in [5.41, 5.74) is 3.12. The van der Waals surface area contributed by atoms with E-state index < -0.39 is 0 Å². The second-order valence-electron chi connectivity index (χ2n) is 8.65. The highest BCUT2D eigenvalue weighted by Gasteiger charge is 2.39. The summed E-state index contributed by atoms with van der Waals surface area (Å²) in [6, 6.07) is 18.1. The van der Waals surface area contributed by atoms with Crippen molar-refractivity contribution >= 4 is 23.2 Å². The molecule has 0 unspecified atom stereocenters. The van der Waals surface area contributed by atoms with E-state index in [4.69, 9.17) is 0 Å². The first-order valence-corrected chi connectivity index (χ1v) is 11.1. The molecule has 2 aliphatic heterocycles. The first kappa shape index (κ1) is 22.0. The quantitative estimate of drug-likeness (QED) is 0.416. The summed E-state index contributed by atoms with van der Waals surface area (Å²) < 4.78 is 0.623. The van der Waals surface area contributed by atoms with Crippen molar-refractivity contribution in [3.05, 3.63) is 71.8 Å². The van der Waals surface area contributed by atoms with Crippen LogP contribution < -0.4 is 10.3 Å². The van der Waals surface area contributed by atoms with Gasteiger partial charge in [-0.25, -0.2) is 10.0 Å². The topological polar surface area (TPSA) is 72.9 Å². The van der Waals surface area contributed by atoms with Crippen molar-refractivity contribution in [3.8, 4) is 0 Å². The van der Waals surface area contributed by atoms with Gasteiger partial charge in [0.1, 0.15) is 5.57 Å². The summed E-state index contributed by atoms with van der Waals surface area (Å²) >= 11 is 0. The number of anilines is 2. The third-order valence-electron chi connectivity index (χ3n) is 6.74. The Hall–Kier alpha value is -3.16. The summed E-state index contributed by atoms with van der Waals surface area (Å²) in [4.78, 5) is 24.7. The molecule has 0 aromatic heterocycles. The van der Waals surface area contributed by atoms with Crippen molar-refractivity contribution in [2.75, 3.05) is 43.9 Å². The number of rotatable bonds is 6. The number of nitrogens with zero attached hydrogens (tertiary/aromatic N) is 3. The summed E-state index contributed by atoms with van der Waals surface area (Å²) in [6.07, 6.45) is 3.65. The van der Waals surface area contributed by atoms with Crippen molar-refractivity contribution in [2.24, 2.45) is 0 Å². The minimum atomic E-state index is -0.313. The standard InChI is InChI=1S/C25H31N4O3/c1-3-23-24(31)27(2)28(25(23)32)22-11-9-21(10-12-22)26-17-29(18-30)15-13-20(14-16-29)19-7-5-4-6-8-19/h3-12,20,26,30H,13-18H2,1-2H3/q+1/b23-3+. The van der Waals surface area contributed by atoms with Gasteiger partial charge in [-0.2, -0.15) is 0 Å². The summed E-state index contributed by atoms with van der Waals surface area (Å²) in [5, 5.41) is 16.3. The molecule has 0 saturated carbocycles. The molecule has 7 nitrogen and oxygen atoms in total. The monoisotopic (exact) mass is 435 g/mol. The Labute approximate surface area is 189 Å². The van der Waals surface area contributed by atoms with Gasteiger partial charge in [0.2, 0.25) is 0 Å². The van der Waals surface area contributed by atoms with E-state index >= 15 is 0 Å². The van der Waals surface area contributed by atoms with Crippen molar-refractivity contribution in [3.63, 3.8) is 0 Å². The van der Waals surface area contributed by atoms with Gasteiger partial charge in [0, 0.05) is 25.6 Å². The zero-order valence-electron chi connectivity index (χ0n) is 18.7. The van der Waals surface area contributed by atoms with Gasteiger partial charge in [-0.3, -0.25) is 14.1 Å². The maximum Gasteiger partial charge on any atom is 0.282 e. The van der Waals surface area contributed by atoms with Gasteiger partial charge in [-0.05, 0) is 42.7 Å². The fraction of sp³-hybridized carbons (Fsp3) is 0.360. The van der Waals surface area contributed by atoms with Gasteiger partial charge in [0.25, 0.3) is 11.8 Å². The molecule has 7 heteroatoms. The molecule has 0 spiro atoms. The lowest BCUT2D eigenvalue weighted by atomic mass is 9.88. The average Bonchev–Trinajstić information content (AvgIpc) is 3.06. The second kappa shape index (κ2) is 9.14. The Kier molecular flexibility index (Phi) is 6.30. The number of nitrogens with one attached hydrogen (secondary N) is 1. The number of benzene rings is 2. The molecule has 0 radical (unpaired) electrons. The Morgan fingerprint density at radius 3 is 2.25 bits per heavy atom. The summed E-state index contributed by atoms with van der Waals surface area (Å²) in [5.74, 6) is -0.0622. The van der Waals surface area contributed by atoms with Gasteiger partial charge >= 0.3 is 0 Å². The van der Waals surface area contributed by atoms with Crippen LogP contribution in [0.25, 0.3) is 0 Å². The molecule has 2 fully saturated rings. The van der Waals surface area contributed by atoms with E-state index in [1.54, 1.807) is 20.0 Å². The summed E-state index contributed by atoms with van der Waals surface area (Å²) in [7, 11) is 1.59. The molecular weight excluding hydrogens is 404 g/mol. The van der Waals surface area contributed by atoms with E-state index in [9.17, 15) is 14.7 Å². The molecule has 2 amide bonds. The molecule has 2 heterocycles. The van der Waals surface area contributed by atoms with E-state index in [-0.39, 0.29) is 24.1 Å². The molecule has 2 aromatic rings. The number of hydrazine groups is 1. The number of likely N-dealkylation sites (N-methyl/N-ethyl adjacent to an activating group) is 1. The van der Waals surface area contributed by atoms with E-state index in [1.165, 1.54) is 15.6 Å². The molecule has 2 N–H and O–H groups in total. The van der Waals surface area contributed by atoms with Crippen LogP contribution in [0.3, 0.4) is 0 Å². The van der Waals surface area contributed by atoms with E-state index in [0.29, 0.717) is 22.8 Å². The number of aliphatic hydroxyl groups is 1. The lowest BCUT2D eigenvalue weighted by Gasteiger charge is -2.42. The highest BCUT2D eigenvalue weighted by molar-refractivity contribution is 6.29. The molecule has 0 atom stereocenters. The number of aliphatic hydroxyl groups excluding tert-OH is 1. The van der Waals surface area contributed by atoms with Crippen LogP contribution in [0.5, 0.6) is 0 Å². The molecule has 32 heavy (non-hydrogen) atoms. The number of likely N-dealkylation sites (tertiary alicyclic amines) is 1. The number of hydrogen-bond acceptors (Lipinski definition) is 4. The average molecular weight is 436 g/mol. The largest absolute Gasteiger partial charge is 0.347 e. The van der Waals surface area contributed by atoms with Crippen molar-refractivity contribution in [1.82, 2.24) is 5.01 Å². The Bertz CT molecular complexity index is 996. The molecular formula is C25H31N4O3+. The SMILES string of the molecule is C/C=C1\C(=O)N(C)N(c2ccc(NC[N+]3(CO)CCC(c4ccccc4)CC3)cc2)C1=O. The van der Waals surface area contributed by atoms with Gasteiger partial charge in [0.05, 0.1) is 18.8 Å². The Morgan fingerprint density at radius 2 is 1.69 bits per heavy atom. The molecule has 168 valence electrons. The second-order valence-corrected chi connectivity index (χ2v) is 8.65. The number of quaternary nitrogens is 1. The van der Waals surface area contributed by atoms with Crippen molar-refractivity contribution in [2.45, 2.75) is 25.7 Å². The minimum absolute atomic E-state index is 0.105. The van der Waals surface area contributed by atoms with Gasteiger partial charge < -0.3 is 10.4 Å². The highest BCUT2D eigenvalue weighted by Crippen LogP contribution is 2.32. The predicted octanol–water partition coefficient (Wildman–Crippen LogP) is 3.07. The lowest BCUT2D eigenvalue weighted by Crippen LogP contribution is -2.55. The third-order valence-corrected chi connectivity index (χ3v) is 6.74. The van der Waals surface area contributed by atoms with E-state index in [1.807, 2.05) is 30.3 Å². The molecule has 4 rings (SSSR count). The van der Waals surface area contributed by atoms with Crippen LogP contribution >= 0.6 is 0 Å². The molecule has 0 aliphatic carbocycles. The van der Waals surface area contributed by atoms with Crippen LogP contribution in [-0.4, -0.2) is 59.9 Å². The Balaban J connectivity index is 1.38. The molecule has 2 aliphatic rings. The minimum Gasteiger partial charge on any atom is -0.347 e. The fourth-order valence-electron chi connectivity index (χ4n) is 4.65. The van der Waals surface area contributed by atoms with Gasteiger partial charge in [0.15, 0.2) is 13.4 Å². The number of amides is 2. The zero-order valence-corrected chi connectivity index (χ0v) is 18.7. The maximum absolute atomic E-state index is 12.5. The number of carbonyl (C=O) groups excluding carboxylic acids is 2. The van der Waals surface area contributed by atoms with Gasteiger partial charge in [-0.1, -0.05) is 36.4 Å². The fourth-order valence-corrected chi connectivity index (χ4v) is 4.65. The molecule has 2 aromatic carbocycles. The predicted molar refractivity (Wildman–Crippen MR) is 124 cm³/mol. The molecule has 0 bridgehead atoms. The first-order valence-electron chi connectivity index (χ1n) is 11.1. The van der Waals surface area contributed by atoms with Crippen molar-refractivity contribution < 1.29 is 19.2 Å². The number of piperidine rings is 1. The van der Waals surface area contributed by atoms with E-state index in [0.717, 1.165) is 31.6 Å². The maximum atomic E-state index is 12.5.